The second-order valence-corrected chi connectivity index (χ2v) is 3.57. The van der Waals surface area contributed by atoms with Crippen molar-refractivity contribution < 1.29 is 9.90 Å². The van der Waals surface area contributed by atoms with Gasteiger partial charge in [-0.2, -0.15) is 0 Å². The molecule has 1 aromatic heterocycles. The first-order valence-electron chi connectivity index (χ1n) is 3.49. The van der Waals surface area contributed by atoms with E-state index in [0.717, 1.165) is 11.3 Å². The number of nitrogen functional groups attached to an aromatic ring is 2. The monoisotopic (exact) mass is 202 g/mol. The third-order valence-corrected chi connectivity index (χ3v) is 2.23. The van der Waals surface area contributed by atoms with Crippen LogP contribution in [0.2, 0.25) is 0 Å². The Morgan fingerprint density at radius 3 is 2.62 bits per heavy atom. The summed E-state index contributed by atoms with van der Waals surface area (Å²) in [5, 5.41) is 9.27. The quantitative estimate of drug-likeness (QED) is 0.511. The van der Waals surface area contributed by atoms with Crippen LogP contribution in [0.3, 0.4) is 0 Å². The van der Waals surface area contributed by atoms with Crippen molar-refractivity contribution in [3.05, 3.63) is 5.69 Å². The molecule has 13 heavy (non-hydrogen) atoms. The highest BCUT2D eigenvalue weighted by Crippen LogP contribution is 2.23. The number of rotatable bonds is 3. The summed E-state index contributed by atoms with van der Waals surface area (Å²) in [5.41, 5.74) is 16.6. The van der Waals surface area contributed by atoms with Crippen molar-refractivity contribution in [2.24, 2.45) is 5.73 Å². The normalized spacial score (nSPS) is 12.7. The lowest BCUT2D eigenvalue weighted by atomic mass is 10.2. The van der Waals surface area contributed by atoms with Crippen molar-refractivity contribution in [2.45, 2.75) is 12.5 Å². The number of hydrogen-bond acceptors (Lipinski definition) is 6. The highest BCUT2D eigenvalue weighted by Gasteiger charge is 2.16. The van der Waals surface area contributed by atoms with E-state index in [4.69, 9.17) is 22.3 Å². The number of carboxylic acids is 1. The van der Waals surface area contributed by atoms with Gasteiger partial charge in [0.2, 0.25) is 0 Å². The molecule has 0 bridgehead atoms. The van der Waals surface area contributed by atoms with E-state index < -0.39 is 12.0 Å². The first kappa shape index (κ1) is 9.75. The van der Waals surface area contributed by atoms with E-state index in [9.17, 15) is 4.79 Å². The molecule has 7 heteroatoms. The fourth-order valence-electron chi connectivity index (χ4n) is 0.824. The predicted molar refractivity (Wildman–Crippen MR) is 50.3 cm³/mol. The van der Waals surface area contributed by atoms with E-state index in [1.165, 1.54) is 0 Å². The molecule has 0 saturated carbocycles. The summed E-state index contributed by atoms with van der Waals surface area (Å²) >= 11 is 1.12. The maximum absolute atomic E-state index is 10.4. The standard InChI is InChI=1S/C6H10N4O2S/c7-2(5(11)12)1-3-4(8)13-6(9)10-3/h2H,1,7-8H2,(H2,9,10)(H,11,12). The van der Waals surface area contributed by atoms with Gasteiger partial charge in [0.05, 0.1) is 5.69 Å². The van der Waals surface area contributed by atoms with Gasteiger partial charge in [0.25, 0.3) is 0 Å². The van der Waals surface area contributed by atoms with Crippen LogP contribution in [0.25, 0.3) is 0 Å². The van der Waals surface area contributed by atoms with Crippen molar-refractivity contribution in [3.63, 3.8) is 0 Å². The molecule has 0 spiro atoms. The summed E-state index contributed by atoms with van der Waals surface area (Å²) in [7, 11) is 0. The average molecular weight is 202 g/mol. The summed E-state index contributed by atoms with van der Waals surface area (Å²) in [6.07, 6.45) is 0.106. The minimum Gasteiger partial charge on any atom is -0.480 e. The molecule has 0 aliphatic heterocycles. The van der Waals surface area contributed by atoms with Crippen LogP contribution in [0.5, 0.6) is 0 Å². The van der Waals surface area contributed by atoms with Crippen LogP contribution < -0.4 is 17.2 Å². The summed E-state index contributed by atoms with van der Waals surface area (Å²) in [6.45, 7) is 0. The first-order valence-corrected chi connectivity index (χ1v) is 4.31. The van der Waals surface area contributed by atoms with Crippen molar-refractivity contribution in [3.8, 4) is 0 Å². The lowest BCUT2D eigenvalue weighted by Gasteiger charge is -2.03. The number of carboxylic acid groups (broad SMARTS) is 1. The van der Waals surface area contributed by atoms with Crippen LogP contribution in [0.1, 0.15) is 5.69 Å². The lowest BCUT2D eigenvalue weighted by molar-refractivity contribution is -0.138. The topological polar surface area (TPSA) is 128 Å². The van der Waals surface area contributed by atoms with Gasteiger partial charge < -0.3 is 22.3 Å². The van der Waals surface area contributed by atoms with Gasteiger partial charge >= 0.3 is 5.97 Å². The van der Waals surface area contributed by atoms with E-state index in [-0.39, 0.29) is 6.42 Å². The minimum absolute atomic E-state index is 0.106. The number of carbonyl (C=O) groups is 1. The Kier molecular flexibility index (Phi) is 2.69. The second-order valence-electron chi connectivity index (χ2n) is 2.51. The molecule has 0 aliphatic rings. The van der Waals surface area contributed by atoms with Gasteiger partial charge in [0.1, 0.15) is 11.0 Å². The largest absolute Gasteiger partial charge is 0.480 e. The van der Waals surface area contributed by atoms with E-state index in [0.29, 0.717) is 15.8 Å². The molecule has 0 saturated heterocycles. The van der Waals surface area contributed by atoms with Gasteiger partial charge in [0.15, 0.2) is 5.13 Å². The van der Waals surface area contributed by atoms with E-state index >= 15 is 0 Å². The van der Waals surface area contributed by atoms with E-state index in [2.05, 4.69) is 4.98 Å². The van der Waals surface area contributed by atoms with Gasteiger partial charge in [0, 0.05) is 6.42 Å². The zero-order chi connectivity index (χ0) is 10.0. The van der Waals surface area contributed by atoms with Crippen LogP contribution in [-0.2, 0) is 11.2 Å². The van der Waals surface area contributed by atoms with Gasteiger partial charge in [-0.3, -0.25) is 4.79 Å². The third kappa shape index (κ3) is 2.30. The Bertz CT molecular complexity index is 324. The number of nitrogens with zero attached hydrogens (tertiary/aromatic N) is 1. The molecular weight excluding hydrogens is 192 g/mol. The summed E-state index contributed by atoms with van der Waals surface area (Å²) < 4.78 is 0. The summed E-state index contributed by atoms with van der Waals surface area (Å²) in [5.74, 6) is -1.08. The van der Waals surface area contributed by atoms with Crippen molar-refractivity contribution >= 4 is 27.4 Å². The molecule has 1 unspecified atom stereocenters. The van der Waals surface area contributed by atoms with Gasteiger partial charge in [-0.1, -0.05) is 11.3 Å². The second kappa shape index (κ2) is 3.58. The maximum atomic E-state index is 10.4. The fourth-order valence-corrected chi connectivity index (χ4v) is 1.45. The zero-order valence-electron chi connectivity index (χ0n) is 6.73. The molecule has 6 nitrogen and oxygen atoms in total. The van der Waals surface area contributed by atoms with Crippen LogP contribution in [0, 0.1) is 0 Å². The fraction of sp³-hybridized carbons (Fsp3) is 0.333. The van der Waals surface area contributed by atoms with Gasteiger partial charge in [-0.15, -0.1) is 0 Å². The molecule has 72 valence electrons. The van der Waals surface area contributed by atoms with E-state index in [1.54, 1.807) is 0 Å². The Balaban J connectivity index is 2.74. The summed E-state index contributed by atoms with van der Waals surface area (Å²) in [6, 6.07) is -0.983. The molecule has 7 N–H and O–H groups in total. The Labute approximate surface area is 78.4 Å². The van der Waals surface area contributed by atoms with Crippen LogP contribution in [0.15, 0.2) is 0 Å². The molecule has 0 radical (unpaired) electrons. The Hall–Kier alpha value is -1.34. The number of thiazole rings is 1. The highest BCUT2D eigenvalue weighted by molar-refractivity contribution is 7.19. The molecule has 1 atom stereocenters. The predicted octanol–water partition coefficient (Wildman–Crippen LogP) is -0.738. The van der Waals surface area contributed by atoms with Gasteiger partial charge in [-0.25, -0.2) is 4.98 Å². The number of aromatic nitrogens is 1. The van der Waals surface area contributed by atoms with Crippen LogP contribution >= 0.6 is 11.3 Å². The zero-order valence-corrected chi connectivity index (χ0v) is 7.54. The van der Waals surface area contributed by atoms with Crippen LogP contribution in [-0.4, -0.2) is 22.1 Å². The highest BCUT2D eigenvalue weighted by atomic mass is 32.1. The molecule has 1 rings (SSSR count). The Morgan fingerprint density at radius 2 is 2.23 bits per heavy atom. The lowest BCUT2D eigenvalue weighted by Crippen LogP contribution is -2.32. The Morgan fingerprint density at radius 1 is 1.62 bits per heavy atom. The molecule has 0 fully saturated rings. The average Bonchev–Trinajstić information content (AvgIpc) is 2.30. The molecule has 0 aliphatic carbocycles. The maximum Gasteiger partial charge on any atom is 0.320 e. The number of aliphatic carboxylic acids is 1. The molecular formula is C6H10N4O2S. The summed E-state index contributed by atoms with van der Waals surface area (Å²) in [4.78, 5) is 14.3. The molecule has 1 aromatic rings. The van der Waals surface area contributed by atoms with Crippen molar-refractivity contribution in [1.82, 2.24) is 4.98 Å². The van der Waals surface area contributed by atoms with E-state index in [1.807, 2.05) is 0 Å². The van der Waals surface area contributed by atoms with Crippen LogP contribution in [0.4, 0.5) is 10.1 Å². The van der Waals surface area contributed by atoms with Gasteiger partial charge in [-0.05, 0) is 0 Å². The van der Waals surface area contributed by atoms with Crippen molar-refractivity contribution in [1.29, 1.82) is 0 Å². The molecule has 1 heterocycles. The number of hydrogen-bond donors (Lipinski definition) is 4. The first-order chi connectivity index (χ1) is 6.00. The molecule has 0 amide bonds. The molecule has 0 aromatic carbocycles. The third-order valence-electron chi connectivity index (χ3n) is 1.47. The number of nitrogens with two attached hydrogens (primary N) is 3. The minimum atomic E-state index is -1.08. The SMILES string of the molecule is Nc1nc(CC(N)C(=O)O)c(N)s1. The van der Waals surface area contributed by atoms with Crippen molar-refractivity contribution in [2.75, 3.05) is 11.5 Å². The smallest absolute Gasteiger partial charge is 0.320 e. The number of anilines is 2.